The van der Waals surface area contributed by atoms with Gasteiger partial charge in [0.1, 0.15) is 21.8 Å². The topological polar surface area (TPSA) is 134 Å². The first-order valence-electron chi connectivity index (χ1n) is 13.2. The summed E-state index contributed by atoms with van der Waals surface area (Å²) in [4.78, 5) is 27.7. The molecule has 1 saturated heterocycles. The Balaban J connectivity index is 1.43. The van der Waals surface area contributed by atoms with Crippen LogP contribution in [0.2, 0.25) is 0 Å². The summed E-state index contributed by atoms with van der Waals surface area (Å²) in [6.07, 6.45) is 3.86. The standard InChI is InChI=1S/C30H32N6O3S/c1-2-36-28(38)26(40-29(36)25(20-32)27(37)33-15-14-31)21-34-24-10-6-7-22(19-24)11-16-35-17-12-30(39,13-18-35)23-8-4-3-5-9-23/h3-10,19,21,34,39H,2,11-13,15-18H2,1H3,(H,33,37). The molecule has 0 atom stereocenters. The molecule has 1 fully saturated rings. The molecule has 1 aliphatic rings. The molecule has 2 aromatic carbocycles. The molecule has 10 heteroatoms. The molecule has 9 nitrogen and oxygen atoms in total. The molecule has 0 radical (unpaired) electrons. The van der Waals surface area contributed by atoms with Gasteiger partial charge >= 0.3 is 0 Å². The Kier molecular flexibility index (Phi) is 9.52. The zero-order chi connectivity index (χ0) is 28.5. The van der Waals surface area contributed by atoms with Crippen LogP contribution in [0.5, 0.6) is 0 Å². The predicted octanol–water partition coefficient (Wildman–Crippen LogP) is 1.62. The van der Waals surface area contributed by atoms with E-state index in [1.165, 1.54) is 4.57 Å². The Hall–Kier alpha value is -4.22. The summed E-state index contributed by atoms with van der Waals surface area (Å²) < 4.78 is 2.01. The molecular weight excluding hydrogens is 524 g/mol. The van der Waals surface area contributed by atoms with E-state index in [0.29, 0.717) is 23.9 Å². The van der Waals surface area contributed by atoms with E-state index in [0.717, 1.165) is 54.2 Å². The lowest BCUT2D eigenvalue weighted by molar-refractivity contribution is -0.115. The summed E-state index contributed by atoms with van der Waals surface area (Å²) >= 11 is 1.06. The first kappa shape index (κ1) is 28.8. The number of aliphatic hydroxyl groups is 1. The van der Waals surface area contributed by atoms with Crippen LogP contribution in [0.25, 0.3) is 11.8 Å². The van der Waals surface area contributed by atoms with Crippen LogP contribution in [0.4, 0.5) is 5.69 Å². The third kappa shape index (κ3) is 6.67. The second-order valence-corrected chi connectivity index (χ2v) is 10.7. The van der Waals surface area contributed by atoms with E-state index in [4.69, 9.17) is 5.26 Å². The van der Waals surface area contributed by atoms with Crippen molar-refractivity contribution in [3.05, 3.63) is 85.3 Å². The highest BCUT2D eigenvalue weighted by molar-refractivity contribution is 7.07. The number of likely N-dealkylation sites (tertiary alicyclic amines) is 1. The fourth-order valence-electron chi connectivity index (χ4n) is 4.83. The van der Waals surface area contributed by atoms with Gasteiger partial charge in [0.2, 0.25) is 0 Å². The molecule has 2 heterocycles. The van der Waals surface area contributed by atoms with Gasteiger partial charge in [-0.15, -0.1) is 11.3 Å². The quantitative estimate of drug-likeness (QED) is 0.341. The first-order valence-corrected chi connectivity index (χ1v) is 14.1. The number of nitrogens with one attached hydrogen (secondary N) is 2. The van der Waals surface area contributed by atoms with E-state index < -0.39 is 11.5 Å². The van der Waals surface area contributed by atoms with Gasteiger partial charge < -0.3 is 20.6 Å². The van der Waals surface area contributed by atoms with Crippen LogP contribution in [0, 0.1) is 22.7 Å². The van der Waals surface area contributed by atoms with E-state index in [1.54, 1.807) is 19.2 Å². The smallest absolute Gasteiger partial charge is 0.270 e. The average Bonchev–Trinajstić information content (AvgIpc) is 3.30. The normalized spacial score (nSPS) is 16.1. The molecule has 4 rings (SSSR count). The predicted molar refractivity (Wildman–Crippen MR) is 155 cm³/mol. The summed E-state index contributed by atoms with van der Waals surface area (Å²) in [6, 6.07) is 21.5. The van der Waals surface area contributed by atoms with Gasteiger partial charge in [-0.05, 0) is 49.4 Å². The van der Waals surface area contributed by atoms with Gasteiger partial charge in [-0.1, -0.05) is 42.5 Å². The van der Waals surface area contributed by atoms with Gasteiger partial charge in [-0.25, -0.2) is 0 Å². The minimum atomic E-state index is -0.762. The molecule has 1 amide bonds. The number of nitrogens with zero attached hydrogens (tertiary/aromatic N) is 4. The lowest BCUT2D eigenvalue weighted by Crippen LogP contribution is -2.43. The van der Waals surface area contributed by atoms with E-state index >= 15 is 0 Å². The van der Waals surface area contributed by atoms with Crippen molar-refractivity contribution < 1.29 is 9.90 Å². The Morgan fingerprint density at radius 1 is 1.15 bits per heavy atom. The van der Waals surface area contributed by atoms with Crippen molar-refractivity contribution in [1.82, 2.24) is 14.8 Å². The van der Waals surface area contributed by atoms with E-state index in [1.807, 2.05) is 54.6 Å². The molecule has 0 unspecified atom stereocenters. The van der Waals surface area contributed by atoms with E-state index in [-0.39, 0.29) is 22.3 Å². The molecule has 206 valence electrons. The molecule has 0 spiro atoms. The van der Waals surface area contributed by atoms with Gasteiger partial charge in [0.25, 0.3) is 11.5 Å². The van der Waals surface area contributed by atoms with Crippen molar-refractivity contribution >= 4 is 34.7 Å². The highest BCUT2D eigenvalue weighted by Crippen LogP contribution is 2.32. The molecule has 0 bridgehead atoms. The molecular formula is C30H32N6O3S. The number of amides is 1. The first-order chi connectivity index (χ1) is 19.4. The minimum Gasteiger partial charge on any atom is -0.385 e. The SMILES string of the molecule is CCn1c(=C(C#N)C(=O)NCC#N)sc(=CNc2cccc(CCN3CCC(O)(c4ccccc4)CC3)c2)c1=O. The van der Waals surface area contributed by atoms with Crippen LogP contribution in [0.15, 0.2) is 59.4 Å². The molecule has 0 saturated carbocycles. The molecule has 3 N–H and O–H groups in total. The Labute approximate surface area is 236 Å². The van der Waals surface area contributed by atoms with Gasteiger partial charge in [0, 0.05) is 38.1 Å². The number of nitriles is 2. The fourth-order valence-corrected chi connectivity index (χ4v) is 5.92. The van der Waals surface area contributed by atoms with Crippen LogP contribution in [0.3, 0.4) is 0 Å². The monoisotopic (exact) mass is 556 g/mol. The number of rotatable bonds is 9. The Bertz CT molecular complexity index is 1610. The van der Waals surface area contributed by atoms with Crippen molar-refractivity contribution in [1.29, 1.82) is 10.5 Å². The van der Waals surface area contributed by atoms with Crippen LogP contribution in [0.1, 0.15) is 30.9 Å². The Morgan fingerprint density at radius 3 is 2.58 bits per heavy atom. The summed E-state index contributed by atoms with van der Waals surface area (Å²) in [7, 11) is 0. The summed E-state index contributed by atoms with van der Waals surface area (Å²) in [5.41, 5.74) is 1.70. The van der Waals surface area contributed by atoms with Crippen molar-refractivity contribution in [3.63, 3.8) is 0 Å². The maximum atomic E-state index is 13.0. The number of anilines is 1. The summed E-state index contributed by atoms with van der Waals surface area (Å²) in [6.45, 7) is 4.38. The maximum absolute atomic E-state index is 13.0. The fraction of sp³-hybridized carbons (Fsp3) is 0.333. The zero-order valence-electron chi connectivity index (χ0n) is 22.4. The molecule has 40 heavy (non-hydrogen) atoms. The van der Waals surface area contributed by atoms with Gasteiger partial charge in [0.05, 0.1) is 11.7 Å². The van der Waals surface area contributed by atoms with E-state index in [2.05, 4.69) is 21.6 Å². The number of piperidine rings is 1. The van der Waals surface area contributed by atoms with Gasteiger partial charge in [0.15, 0.2) is 5.57 Å². The highest BCUT2D eigenvalue weighted by atomic mass is 32.1. The molecule has 3 aromatic rings. The number of thiazole rings is 1. The lowest BCUT2D eigenvalue weighted by Gasteiger charge is -2.38. The molecule has 1 aromatic heterocycles. The number of aromatic nitrogens is 1. The number of hydrogen-bond acceptors (Lipinski definition) is 8. The van der Waals surface area contributed by atoms with Crippen LogP contribution in [-0.2, 0) is 23.4 Å². The third-order valence-electron chi connectivity index (χ3n) is 7.11. The zero-order valence-corrected chi connectivity index (χ0v) is 23.2. The largest absolute Gasteiger partial charge is 0.385 e. The minimum absolute atomic E-state index is 0.194. The van der Waals surface area contributed by atoms with Crippen LogP contribution in [-0.4, -0.2) is 46.7 Å². The van der Waals surface area contributed by atoms with Crippen molar-refractivity contribution in [2.45, 2.75) is 38.3 Å². The van der Waals surface area contributed by atoms with Crippen molar-refractivity contribution in [2.75, 3.05) is 31.5 Å². The third-order valence-corrected chi connectivity index (χ3v) is 8.24. The van der Waals surface area contributed by atoms with Gasteiger partial charge in [-0.3, -0.25) is 14.2 Å². The molecule has 0 aliphatic carbocycles. The van der Waals surface area contributed by atoms with Crippen molar-refractivity contribution in [2.24, 2.45) is 0 Å². The Morgan fingerprint density at radius 2 is 1.90 bits per heavy atom. The number of hydrogen-bond donors (Lipinski definition) is 3. The highest BCUT2D eigenvalue weighted by Gasteiger charge is 2.33. The molecule has 1 aliphatic heterocycles. The average molecular weight is 557 g/mol. The lowest BCUT2D eigenvalue weighted by atomic mass is 9.84. The summed E-state index contributed by atoms with van der Waals surface area (Å²) in [5, 5.41) is 34.9. The summed E-state index contributed by atoms with van der Waals surface area (Å²) in [5.74, 6) is -0.682. The maximum Gasteiger partial charge on any atom is 0.270 e. The second kappa shape index (κ2) is 13.2. The van der Waals surface area contributed by atoms with E-state index in [9.17, 15) is 20.0 Å². The second-order valence-electron chi connectivity index (χ2n) is 9.63. The number of carbonyl (C=O) groups excluding carboxylic acids is 1. The number of carbonyl (C=O) groups is 1. The van der Waals surface area contributed by atoms with Crippen molar-refractivity contribution in [3.8, 4) is 12.1 Å². The van der Waals surface area contributed by atoms with Gasteiger partial charge in [-0.2, -0.15) is 10.5 Å². The van der Waals surface area contributed by atoms with Crippen LogP contribution < -0.4 is 25.4 Å². The number of benzene rings is 2. The van der Waals surface area contributed by atoms with Crippen LogP contribution >= 0.6 is 11.3 Å².